The quantitative estimate of drug-likeness (QED) is 0.866. The van der Waals surface area contributed by atoms with E-state index >= 15 is 0 Å². The van der Waals surface area contributed by atoms with Crippen LogP contribution in [0.25, 0.3) is 0 Å². The Kier molecular flexibility index (Phi) is 3.00. The van der Waals surface area contributed by atoms with Crippen molar-refractivity contribution in [3.05, 3.63) is 41.1 Å². The molecule has 1 aromatic rings. The number of amides is 2. The van der Waals surface area contributed by atoms with Crippen LogP contribution in [0.3, 0.4) is 0 Å². The maximum Gasteiger partial charge on any atom is 0.416 e. The van der Waals surface area contributed by atoms with Crippen LogP contribution in [0, 0.1) is 0 Å². The molecule has 1 N–H and O–H groups in total. The zero-order valence-corrected chi connectivity index (χ0v) is 10.8. The monoisotopic (exact) mass is 296 g/mol. The van der Waals surface area contributed by atoms with Gasteiger partial charge in [-0.25, -0.2) is 4.79 Å². The molecular weight excluding hydrogens is 285 g/mol. The smallest absolute Gasteiger partial charge is 0.333 e. The Morgan fingerprint density at radius 1 is 1.14 bits per heavy atom. The summed E-state index contributed by atoms with van der Waals surface area (Å²) in [6.07, 6.45) is -3.82. The maximum atomic E-state index is 12.8. The number of benzene rings is 1. The molecule has 1 aliphatic heterocycles. The molecule has 0 aromatic heterocycles. The Labute approximate surface area is 118 Å². The lowest BCUT2D eigenvalue weighted by Gasteiger charge is -2.29. The van der Waals surface area contributed by atoms with E-state index in [2.05, 4.69) is 5.32 Å². The Hall–Kier alpha value is -2.31. The summed E-state index contributed by atoms with van der Waals surface area (Å²) in [5.74, 6) is -0.0676. The minimum atomic E-state index is -4.48. The summed E-state index contributed by atoms with van der Waals surface area (Å²) in [4.78, 5) is 24.9. The molecule has 1 heterocycles. The van der Waals surface area contributed by atoms with Crippen LogP contribution in [0.2, 0.25) is 0 Å². The van der Waals surface area contributed by atoms with E-state index in [1.165, 1.54) is 17.0 Å². The molecule has 110 valence electrons. The van der Waals surface area contributed by atoms with Crippen molar-refractivity contribution in [2.75, 3.05) is 11.4 Å². The summed E-state index contributed by atoms with van der Waals surface area (Å²) < 4.78 is 38.3. The molecule has 0 atom stereocenters. The zero-order valence-electron chi connectivity index (χ0n) is 10.8. The molecule has 0 fully saturated rings. The lowest BCUT2D eigenvalue weighted by molar-refractivity contribution is -0.137. The van der Waals surface area contributed by atoms with Gasteiger partial charge < -0.3 is 5.32 Å². The van der Waals surface area contributed by atoms with Crippen molar-refractivity contribution in [1.29, 1.82) is 0 Å². The van der Waals surface area contributed by atoms with E-state index in [0.717, 1.165) is 12.1 Å². The highest BCUT2D eigenvalue weighted by atomic mass is 19.4. The predicted molar refractivity (Wildman–Crippen MR) is 68.6 cm³/mol. The summed E-state index contributed by atoms with van der Waals surface area (Å²) in [6.45, 7) is 0.141. The van der Waals surface area contributed by atoms with Gasteiger partial charge in [0, 0.05) is 24.2 Å². The van der Waals surface area contributed by atoms with Gasteiger partial charge in [0.05, 0.1) is 11.3 Å². The minimum Gasteiger partial charge on any atom is -0.333 e. The normalized spacial score (nSPS) is 18.9. The van der Waals surface area contributed by atoms with Crippen LogP contribution < -0.4 is 10.2 Å². The van der Waals surface area contributed by atoms with Crippen LogP contribution in [-0.2, 0) is 11.0 Å². The largest absolute Gasteiger partial charge is 0.416 e. The van der Waals surface area contributed by atoms with Crippen molar-refractivity contribution in [1.82, 2.24) is 5.32 Å². The first-order valence-electron chi connectivity index (χ1n) is 6.38. The fraction of sp³-hybridized carbons (Fsp3) is 0.286. The van der Waals surface area contributed by atoms with E-state index in [-0.39, 0.29) is 24.4 Å². The number of urea groups is 1. The number of Topliss-reactive ketones (excluding diaryl/α,β-unsaturated/α-hetero) is 1. The van der Waals surface area contributed by atoms with Gasteiger partial charge in [0.1, 0.15) is 0 Å². The van der Waals surface area contributed by atoms with Gasteiger partial charge in [-0.2, -0.15) is 13.2 Å². The number of nitrogens with one attached hydrogen (secondary N) is 1. The standard InChI is InChI=1S/C14H11F3N2O2/c15-14(16,17)8-2-1-3-9(6-8)19-11-4-5-12(20)10(11)7-18-13(19)21/h1-3,6H,4-5,7H2,(H,18,21). The molecule has 3 rings (SSSR count). The lowest BCUT2D eigenvalue weighted by Crippen LogP contribution is -2.45. The van der Waals surface area contributed by atoms with Gasteiger partial charge in [0.25, 0.3) is 0 Å². The Morgan fingerprint density at radius 3 is 2.62 bits per heavy atom. The van der Waals surface area contributed by atoms with Gasteiger partial charge >= 0.3 is 12.2 Å². The van der Waals surface area contributed by atoms with Gasteiger partial charge in [-0.05, 0) is 24.6 Å². The van der Waals surface area contributed by atoms with E-state index in [9.17, 15) is 22.8 Å². The average Bonchev–Trinajstić information content (AvgIpc) is 2.79. The van der Waals surface area contributed by atoms with Gasteiger partial charge in [-0.15, -0.1) is 0 Å². The number of alkyl halides is 3. The Morgan fingerprint density at radius 2 is 1.90 bits per heavy atom. The number of allylic oxidation sites excluding steroid dienone is 1. The van der Waals surface area contributed by atoms with Crippen molar-refractivity contribution in [3.8, 4) is 0 Å². The number of anilines is 1. The minimum absolute atomic E-state index is 0.0676. The molecule has 0 spiro atoms. The van der Waals surface area contributed by atoms with Crippen LogP contribution in [0.1, 0.15) is 18.4 Å². The molecule has 7 heteroatoms. The van der Waals surface area contributed by atoms with Crippen LogP contribution >= 0.6 is 0 Å². The third-order valence-corrected chi connectivity index (χ3v) is 3.59. The fourth-order valence-electron chi connectivity index (χ4n) is 2.60. The zero-order chi connectivity index (χ0) is 15.2. The number of nitrogens with zero attached hydrogens (tertiary/aromatic N) is 1. The van der Waals surface area contributed by atoms with E-state index in [4.69, 9.17) is 0 Å². The van der Waals surface area contributed by atoms with Gasteiger partial charge in [-0.1, -0.05) is 6.07 Å². The number of hydrogen-bond acceptors (Lipinski definition) is 2. The number of carbonyl (C=O) groups excluding carboxylic acids is 2. The fourth-order valence-corrected chi connectivity index (χ4v) is 2.60. The Balaban J connectivity index is 2.06. The molecule has 1 aliphatic carbocycles. The highest BCUT2D eigenvalue weighted by molar-refractivity contribution is 6.07. The summed E-state index contributed by atoms with van der Waals surface area (Å²) in [5, 5.41) is 2.52. The van der Waals surface area contributed by atoms with Gasteiger partial charge in [-0.3, -0.25) is 9.69 Å². The third kappa shape index (κ3) is 2.28. The van der Waals surface area contributed by atoms with E-state index < -0.39 is 17.8 Å². The molecule has 2 aliphatic rings. The molecular formula is C14H11F3N2O2. The molecule has 21 heavy (non-hydrogen) atoms. The summed E-state index contributed by atoms with van der Waals surface area (Å²) in [6, 6.07) is 4.02. The molecule has 0 saturated carbocycles. The molecule has 0 bridgehead atoms. The van der Waals surface area contributed by atoms with Crippen LogP contribution in [0.15, 0.2) is 35.5 Å². The second kappa shape index (κ2) is 4.61. The molecule has 4 nitrogen and oxygen atoms in total. The third-order valence-electron chi connectivity index (χ3n) is 3.59. The first-order chi connectivity index (χ1) is 9.88. The molecule has 1 aromatic carbocycles. The SMILES string of the molecule is O=C1CCC2=C1CNC(=O)N2c1cccc(C(F)(F)F)c1. The van der Waals surface area contributed by atoms with E-state index in [1.54, 1.807) is 0 Å². The van der Waals surface area contributed by atoms with Crippen molar-refractivity contribution in [2.24, 2.45) is 0 Å². The molecule has 0 radical (unpaired) electrons. The van der Waals surface area contributed by atoms with Gasteiger partial charge in [0.2, 0.25) is 0 Å². The number of hydrogen-bond donors (Lipinski definition) is 1. The van der Waals surface area contributed by atoms with Crippen LogP contribution in [0.4, 0.5) is 23.7 Å². The summed E-state index contributed by atoms with van der Waals surface area (Å²) >= 11 is 0. The topological polar surface area (TPSA) is 49.4 Å². The summed E-state index contributed by atoms with van der Waals surface area (Å²) in [7, 11) is 0. The van der Waals surface area contributed by atoms with Crippen molar-refractivity contribution < 1.29 is 22.8 Å². The first kappa shape index (κ1) is 13.7. The second-order valence-electron chi connectivity index (χ2n) is 4.89. The number of rotatable bonds is 1. The van der Waals surface area contributed by atoms with Crippen molar-refractivity contribution in [2.45, 2.75) is 19.0 Å². The molecule has 0 unspecified atom stereocenters. The Bertz CT molecular complexity index is 664. The van der Waals surface area contributed by atoms with Crippen molar-refractivity contribution in [3.63, 3.8) is 0 Å². The number of halogens is 3. The van der Waals surface area contributed by atoms with Crippen LogP contribution in [0.5, 0.6) is 0 Å². The summed E-state index contributed by atoms with van der Waals surface area (Å²) in [5.41, 5.74) is 0.268. The number of ketones is 1. The first-order valence-corrected chi connectivity index (χ1v) is 6.38. The van der Waals surface area contributed by atoms with Gasteiger partial charge in [0.15, 0.2) is 5.78 Å². The predicted octanol–water partition coefficient (Wildman–Crippen LogP) is 2.85. The van der Waals surface area contributed by atoms with Crippen molar-refractivity contribution >= 4 is 17.5 Å². The lowest BCUT2D eigenvalue weighted by atomic mass is 10.1. The molecule has 0 saturated heterocycles. The highest BCUT2D eigenvalue weighted by Gasteiger charge is 2.36. The average molecular weight is 296 g/mol. The number of carbonyl (C=O) groups is 2. The maximum absolute atomic E-state index is 12.8. The second-order valence-corrected chi connectivity index (χ2v) is 4.89. The van der Waals surface area contributed by atoms with E-state index in [0.29, 0.717) is 17.7 Å². The highest BCUT2D eigenvalue weighted by Crippen LogP contribution is 2.36. The van der Waals surface area contributed by atoms with Crippen LogP contribution in [-0.4, -0.2) is 18.4 Å². The molecule has 2 amide bonds. The van der Waals surface area contributed by atoms with E-state index in [1.807, 2.05) is 0 Å².